The van der Waals surface area contributed by atoms with Gasteiger partial charge in [-0.25, -0.2) is 0 Å². The topological polar surface area (TPSA) is 176 Å². The third kappa shape index (κ3) is 6.01. The van der Waals surface area contributed by atoms with Crippen molar-refractivity contribution < 1.29 is 34.3 Å². The molecule has 0 fully saturated rings. The van der Waals surface area contributed by atoms with Crippen LogP contribution >= 0.6 is 0 Å². The number of hydrogen-bond donors (Lipinski definition) is 6. The fourth-order valence-corrected chi connectivity index (χ4v) is 2.29. The number of carbonyl (C=O) groups excluding carboxylic acids is 2. The summed E-state index contributed by atoms with van der Waals surface area (Å²) in [6.07, 6.45) is -2.61. The summed E-state index contributed by atoms with van der Waals surface area (Å²) in [4.78, 5) is 26.4. The Kier molecular flexibility index (Phi) is 8.35. The number of ether oxygens (including phenoxy) is 1. The quantitative estimate of drug-likeness (QED) is 0.110. The molecule has 139 valence electrons. The number of aliphatic hydroxyl groups excluding tert-OH is 3. The van der Waals surface area contributed by atoms with Crippen LogP contribution < -0.4 is 16.4 Å². The number of guanidine groups is 1. The van der Waals surface area contributed by atoms with Gasteiger partial charge >= 0.3 is 7.62 Å². The van der Waals surface area contributed by atoms with E-state index in [1.807, 2.05) is 0 Å². The number of nitrogens with zero attached hydrogens (tertiary/aromatic N) is 1. The fraction of sp³-hybridized carbons (Fsp3) is 0.615. The summed E-state index contributed by atoms with van der Waals surface area (Å²) in [5.74, 6) is -0.670. The molecule has 0 aromatic carbocycles. The zero-order valence-corrected chi connectivity index (χ0v) is 13.8. The highest BCUT2D eigenvalue weighted by Crippen LogP contribution is 2.22. The first-order valence-corrected chi connectivity index (χ1v) is 7.36. The summed E-state index contributed by atoms with van der Waals surface area (Å²) in [6, 6.07) is -1.72. The van der Waals surface area contributed by atoms with Crippen LogP contribution in [0.1, 0.15) is 6.92 Å². The van der Waals surface area contributed by atoms with Crippen LogP contribution in [-0.4, -0.2) is 85.2 Å². The Hall–Kier alpha value is -2.15. The molecule has 0 saturated carbocycles. The molecule has 25 heavy (non-hydrogen) atoms. The van der Waals surface area contributed by atoms with Crippen LogP contribution in [0.3, 0.4) is 0 Å². The number of aliphatic hydroxyl groups is 3. The maximum absolute atomic E-state index is 11.5. The molecular weight excluding hydrogens is 335 g/mol. The minimum Gasteiger partial charge on any atom is -0.482 e. The fourth-order valence-electron chi connectivity index (χ4n) is 2.29. The highest BCUT2D eigenvalue weighted by molar-refractivity contribution is 6.27. The molecule has 1 radical (unpaired) electrons. The van der Waals surface area contributed by atoms with Crippen molar-refractivity contribution >= 4 is 25.8 Å². The average molecular weight is 357 g/mol. The van der Waals surface area contributed by atoms with Gasteiger partial charge in [0.25, 0.3) is 0 Å². The lowest BCUT2D eigenvalue weighted by Gasteiger charge is -2.40. The Bertz CT molecular complexity index is 531. The molecule has 0 bridgehead atoms. The predicted molar refractivity (Wildman–Crippen MR) is 87.0 cm³/mol. The molecular formula is C13H22BN4O7. The van der Waals surface area contributed by atoms with Crippen LogP contribution in [0.2, 0.25) is 0 Å². The van der Waals surface area contributed by atoms with Gasteiger partial charge in [0.1, 0.15) is 18.3 Å². The largest absolute Gasteiger partial charge is 0.482 e. The molecule has 0 aromatic rings. The highest BCUT2D eigenvalue weighted by atomic mass is 16.5. The molecule has 2 unspecified atom stereocenters. The summed E-state index contributed by atoms with van der Waals surface area (Å²) in [6.45, 7) is 0.510. The monoisotopic (exact) mass is 357 g/mol. The van der Waals surface area contributed by atoms with E-state index in [1.165, 1.54) is 20.1 Å². The molecule has 1 amide bonds. The molecule has 1 rings (SSSR count). The van der Waals surface area contributed by atoms with Gasteiger partial charge < -0.3 is 41.1 Å². The molecule has 5 atom stereocenters. The number of nitrogens with one attached hydrogen (secondary N) is 2. The van der Waals surface area contributed by atoms with Gasteiger partial charge in [0.2, 0.25) is 5.91 Å². The maximum Gasteiger partial charge on any atom is 0.461 e. The number of amides is 1. The summed E-state index contributed by atoms with van der Waals surface area (Å²) < 4.78 is 9.97. The molecule has 0 aromatic heterocycles. The molecule has 1 heterocycles. The molecule has 0 saturated heterocycles. The number of aldehydes is 1. The molecule has 1 aliphatic rings. The number of nitrogens with two attached hydrogens (primary N) is 1. The van der Waals surface area contributed by atoms with Crippen LogP contribution in [0.5, 0.6) is 0 Å². The minimum atomic E-state index is -1.58. The van der Waals surface area contributed by atoms with Crippen LogP contribution in [0, 0.1) is 0 Å². The highest BCUT2D eigenvalue weighted by Gasteiger charge is 2.42. The molecule has 1 aliphatic heterocycles. The van der Waals surface area contributed by atoms with Gasteiger partial charge in [-0.15, -0.1) is 0 Å². The lowest BCUT2D eigenvalue weighted by molar-refractivity contribution is -0.129. The van der Waals surface area contributed by atoms with E-state index in [2.05, 4.69) is 20.2 Å². The second kappa shape index (κ2) is 9.98. The van der Waals surface area contributed by atoms with E-state index in [1.54, 1.807) is 0 Å². The van der Waals surface area contributed by atoms with E-state index < -0.39 is 42.9 Å². The smallest absolute Gasteiger partial charge is 0.461 e. The van der Waals surface area contributed by atoms with E-state index in [0.29, 0.717) is 6.29 Å². The van der Waals surface area contributed by atoms with Gasteiger partial charge in [-0.05, 0) is 6.08 Å². The van der Waals surface area contributed by atoms with E-state index in [4.69, 9.17) is 15.6 Å². The van der Waals surface area contributed by atoms with Crippen molar-refractivity contribution in [3.05, 3.63) is 11.8 Å². The Balaban J connectivity index is 3.14. The maximum atomic E-state index is 11.5. The first-order chi connectivity index (χ1) is 11.8. The molecule has 7 N–H and O–H groups in total. The van der Waals surface area contributed by atoms with Crippen molar-refractivity contribution in [1.82, 2.24) is 10.6 Å². The molecule has 0 spiro atoms. The van der Waals surface area contributed by atoms with E-state index in [9.17, 15) is 19.8 Å². The molecule has 12 heteroatoms. The number of hydrogen-bond acceptors (Lipinski definition) is 8. The van der Waals surface area contributed by atoms with Crippen LogP contribution in [0.4, 0.5) is 0 Å². The summed E-state index contributed by atoms with van der Waals surface area (Å²) in [5, 5.41) is 34.2. The van der Waals surface area contributed by atoms with Crippen LogP contribution in [0.25, 0.3) is 0 Å². The third-order valence-electron chi connectivity index (χ3n) is 3.37. The SMILES string of the molecule is CO[B]N=C(N)NC1C=C(C=O)O[C@@H]([C@H](O)C(O)CO)[C@@H]1NC(C)=O. The lowest BCUT2D eigenvalue weighted by Crippen LogP contribution is -2.64. The van der Waals surface area contributed by atoms with Gasteiger partial charge in [0, 0.05) is 14.0 Å². The molecule has 0 aliphatic carbocycles. The second-order valence-corrected chi connectivity index (χ2v) is 5.26. The lowest BCUT2D eigenvalue weighted by atomic mass is 9.92. The third-order valence-corrected chi connectivity index (χ3v) is 3.37. The van der Waals surface area contributed by atoms with Crippen molar-refractivity contribution in [3.63, 3.8) is 0 Å². The zero-order valence-electron chi connectivity index (χ0n) is 13.8. The number of rotatable bonds is 8. The van der Waals surface area contributed by atoms with Gasteiger partial charge in [0.05, 0.1) is 18.7 Å². The number of allylic oxidation sites excluding steroid dienone is 1. The summed E-state index contributed by atoms with van der Waals surface area (Å²) in [5.41, 5.74) is 5.68. The summed E-state index contributed by atoms with van der Waals surface area (Å²) in [7, 11) is 2.44. The van der Waals surface area contributed by atoms with Crippen LogP contribution in [-0.2, 0) is 19.0 Å². The van der Waals surface area contributed by atoms with E-state index in [0.717, 1.165) is 7.62 Å². The van der Waals surface area contributed by atoms with Crippen molar-refractivity contribution in [2.24, 2.45) is 10.6 Å². The Morgan fingerprint density at radius 1 is 1.56 bits per heavy atom. The number of carbonyl (C=O) groups is 2. The average Bonchev–Trinajstić information content (AvgIpc) is 2.59. The van der Waals surface area contributed by atoms with Crippen molar-refractivity contribution in [1.29, 1.82) is 0 Å². The first-order valence-electron chi connectivity index (χ1n) is 7.36. The van der Waals surface area contributed by atoms with E-state index >= 15 is 0 Å². The van der Waals surface area contributed by atoms with E-state index in [-0.39, 0.29) is 11.7 Å². The van der Waals surface area contributed by atoms with Gasteiger partial charge in [-0.1, -0.05) is 0 Å². The zero-order chi connectivity index (χ0) is 19.0. The van der Waals surface area contributed by atoms with Gasteiger partial charge in [0.15, 0.2) is 18.0 Å². The Morgan fingerprint density at radius 2 is 2.24 bits per heavy atom. The normalized spacial score (nSPS) is 25.9. The van der Waals surface area contributed by atoms with Crippen LogP contribution in [0.15, 0.2) is 16.7 Å². The molecule has 11 nitrogen and oxygen atoms in total. The Labute approximate surface area is 145 Å². The predicted octanol–water partition coefficient (Wildman–Crippen LogP) is -3.86. The van der Waals surface area contributed by atoms with Gasteiger partial charge in [-0.2, -0.15) is 0 Å². The van der Waals surface area contributed by atoms with Crippen molar-refractivity contribution in [3.8, 4) is 0 Å². The van der Waals surface area contributed by atoms with Crippen molar-refractivity contribution in [2.75, 3.05) is 13.7 Å². The standard InChI is InChI=1S/C13H22BN4O7/c1-6(21)16-10-8(17-13(15)18-14-24-2)3-7(4-19)25-12(10)11(23)9(22)5-20/h3-4,8-12,20,22-23H,5H2,1-2H3,(H,16,21)(H3,15,17,18)/t8?,9?,10-,11-,12-/m1/s1. The Morgan fingerprint density at radius 3 is 2.76 bits per heavy atom. The van der Waals surface area contributed by atoms with Gasteiger partial charge in [-0.3, -0.25) is 14.5 Å². The second-order valence-electron chi connectivity index (χ2n) is 5.26. The minimum absolute atomic E-state index is 0.0819. The van der Waals surface area contributed by atoms with Crippen molar-refractivity contribution in [2.45, 2.75) is 37.3 Å². The summed E-state index contributed by atoms with van der Waals surface area (Å²) >= 11 is 0. The first kappa shape index (κ1) is 20.9.